The maximum absolute atomic E-state index is 12.6. The molecule has 6 heteroatoms. The molecule has 0 fully saturated rings. The van der Waals surface area contributed by atoms with Gasteiger partial charge in [-0.25, -0.2) is 0 Å². The van der Waals surface area contributed by atoms with Crippen molar-refractivity contribution in [3.63, 3.8) is 0 Å². The van der Waals surface area contributed by atoms with Gasteiger partial charge in [-0.3, -0.25) is 4.79 Å². The summed E-state index contributed by atoms with van der Waals surface area (Å²) in [6.07, 6.45) is 0.890. The van der Waals surface area contributed by atoms with Crippen molar-refractivity contribution in [1.29, 1.82) is 0 Å². The van der Waals surface area contributed by atoms with E-state index >= 15 is 0 Å². The molecule has 24 heavy (non-hydrogen) atoms. The molecule has 1 aromatic heterocycles. The zero-order chi connectivity index (χ0) is 16.5. The van der Waals surface area contributed by atoms with Crippen molar-refractivity contribution in [3.8, 4) is 11.4 Å². The summed E-state index contributed by atoms with van der Waals surface area (Å²) in [4.78, 5) is 15.8. The van der Waals surface area contributed by atoms with Crippen LogP contribution in [-0.2, 0) is 17.8 Å². The highest BCUT2D eigenvalue weighted by Gasteiger charge is 2.24. The lowest BCUT2D eigenvalue weighted by molar-refractivity contribution is -0.119. The average Bonchev–Trinajstić information content (AvgIpc) is 3.22. The van der Waals surface area contributed by atoms with Gasteiger partial charge in [-0.1, -0.05) is 42.5 Å². The number of aromatic nitrogens is 4. The fourth-order valence-corrected chi connectivity index (χ4v) is 3.05. The molecule has 2 heterocycles. The Balaban J connectivity index is 1.53. The van der Waals surface area contributed by atoms with Crippen molar-refractivity contribution >= 4 is 11.6 Å². The van der Waals surface area contributed by atoms with E-state index in [0.29, 0.717) is 12.4 Å². The Morgan fingerprint density at radius 3 is 2.79 bits per heavy atom. The molecule has 6 nitrogen and oxygen atoms in total. The van der Waals surface area contributed by atoms with E-state index in [9.17, 15) is 4.79 Å². The van der Waals surface area contributed by atoms with Crippen LogP contribution in [0, 0.1) is 6.92 Å². The molecule has 0 bridgehead atoms. The normalized spacial score (nSPS) is 13.1. The summed E-state index contributed by atoms with van der Waals surface area (Å²) in [5.74, 6) is 0.524. The van der Waals surface area contributed by atoms with E-state index in [1.807, 2.05) is 49.4 Å². The first kappa shape index (κ1) is 14.6. The fourth-order valence-electron chi connectivity index (χ4n) is 3.05. The molecule has 0 aliphatic carbocycles. The van der Waals surface area contributed by atoms with Gasteiger partial charge in [0.25, 0.3) is 5.91 Å². The third-order valence-electron chi connectivity index (χ3n) is 4.30. The van der Waals surface area contributed by atoms with E-state index in [0.717, 1.165) is 23.2 Å². The number of carbonyl (C=O) groups is 1. The van der Waals surface area contributed by atoms with Crippen molar-refractivity contribution in [1.82, 2.24) is 20.2 Å². The molecule has 0 N–H and O–H groups in total. The Kier molecular flexibility index (Phi) is 3.57. The summed E-state index contributed by atoms with van der Waals surface area (Å²) in [5.41, 5.74) is 4.21. The number of hydrogen-bond donors (Lipinski definition) is 0. The smallest absolute Gasteiger partial charge is 0.250 e. The van der Waals surface area contributed by atoms with Crippen molar-refractivity contribution in [2.75, 3.05) is 11.4 Å². The SMILES string of the molecule is Cc1ccccc1-c1nnn(CC(=O)N2CCc3ccccc32)n1. The van der Waals surface area contributed by atoms with Gasteiger partial charge < -0.3 is 4.90 Å². The van der Waals surface area contributed by atoms with Gasteiger partial charge in [-0.15, -0.1) is 10.2 Å². The second kappa shape index (κ2) is 5.88. The van der Waals surface area contributed by atoms with E-state index in [1.54, 1.807) is 4.90 Å². The number of benzene rings is 2. The predicted octanol–water partition coefficient (Wildman–Crippen LogP) is 2.24. The summed E-state index contributed by atoms with van der Waals surface area (Å²) in [7, 11) is 0. The number of fused-ring (bicyclic) bond motifs is 1. The average molecular weight is 319 g/mol. The number of para-hydroxylation sites is 1. The summed E-state index contributed by atoms with van der Waals surface area (Å²) >= 11 is 0. The molecule has 0 saturated heterocycles. The van der Waals surface area contributed by atoms with Gasteiger partial charge in [-0.05, 0) is 35.8 Å². The zero-order valence-electron chi connectivity index (χ0n) is 13.4. The van der Waals surface area contributed by atoms with Crippen LogP contribution < -0.4 is 4.90 Å². The molecule has 0 saturated carbocycles. The van der Waals surface area contributed by atoms with Crippen LogP contribution in [0.1, 0.15) is 11.1 Å². The van der Waals surface area contributed by atoms with Crippen LogP contribution in [0.3, 0.4) is 0 Å². The summed E-state index contributed by atoms with van der Waals surface area (Å²) < 4.78 is 0. The van der Waals surface area contributed by atoms with Crippen LogP contribution in [0.5, 0.6) is 0 Å². The lowest BCUT2D eigenvalue weighted by atomic mass is 10.1. The van der Waals surface area contributed by atoms with E-state index in [1.165, 1.54) is 10.4 Å². The third kappa shape index (κ3) is 2.56. The molecule has 1 aliphatic heterocycles. The number of anilines is 1. The van der Waals surface area contributed by atoms with E-state index in [2.05, 4.69) is 21.5 Å². The van der Waals surface area contributed by atoms with E-state index < -0.39 is 0 Å². The summed E-state index contributed by atoms with van der Waals surface area (Å²) in [6.45, 7) is 2.80. The van der Waals surface area contributed by atoms with Crippen molar-refractivity contribution in [3.05, 3.63) is 59.7 Å². The van der Waals surface area contributed by atoms with Crippen LogP contribution >= 0.6 is 0 Å². The Hall–Kier alpha value is -3.02. The van der Waals surface area contributed by atoms with Crippen LogP contribution in [0.2, 0.25) is 0 Å². The van der Waals surface area contributed by atoms with Crippen LogP contribution in [0.25, 0.3) is 11.4 Å². The summed E-state index contributed by atoms with van der Waals surface area (Å²) in [6, 6.07) is 15.9. The quantitative estimate of drug-likeness (QED) is 0.743. The highest BCUT2D eigenvalue weighted by atomic mass is 16.2. The first-order valence-corrected chi connectivity index (χ1v) is 7.94. The highest BCUT2D eigenvalue weighted by molar-refractivity contribution is 5.95. The molecule has 1 aliphatic rings. The van der Waals surface area contributed by atoms with Crippen LogP contribution in [0.4, 0.5) is 5.69 Å². The Labute approximate surface area is 139 Å². The van der Waals surface area contributed by atoms with Gasteiger partial charge in [0.2, 0.25) is 5.82 Å². The number of aryl methyl sites for hydroxylation is 1. The van der Waals surface area contributed by atoms with Crippen LogP contribution in [-0.4, -0.2) is 32.7 Å². The van der Waals surface area contributed by atoms with Gasteiger partial charge in [-0.2, -0.15) is 4.80 Å². The zero-order valence-corrected chi connectivity index (χ0v) is 13.4. The second-order valence-electron chi connectivity index (χ2n) is 5.88. The van der Waals surface area contributed by atoms with E-state index in [-0.39, 0.29) is 12.5 Å². The van der Waals surface area contributed by atoms with Crippen molar-refractivity contribution < 1.29 is 4.79 Å². The minimum Gasteiger partial charge on any atom is -0.310 e. The van der Waals surface area contributed by atoms with Crippen LogP contribution in [0.15, 0.2) is 48.5 Å². The molecule has 1 amide bonds. The molecule has 2 aromatic carbocycles. The number of tetrazole rings is 1. The lowest BCUT2D eigenvalue weighted by Gasteiger charge is -2.16. The highest BCUT2D eigenvalue weighted by Crippen LogP contribution is 2.27. The number of carbonyl (C=O) groups excluding carboxylic acids is 1. The van der Waals surface area contributed by atoms with Crippen molar-refractivity contribution in [2.45, 2.75) is 19.9 Å². The molecule has 0 spiro atoms. The second-order valence-corrected chi connectivity index (χ2v) is 5.88. The molecule has 0 unspecified atom stereocenters. The molecule has 0 atom stereocenters. The first-order valence-electron chi connectivity index (χ1n) is 7.94. The molecule has 120 valence electrons. The molecule has 0 radical (unpaired) electrons. The number of nitrogens with zero attached hydrogens (tertiary/aromatic N) is 5. The predicted molar refractivity (Wildman–Crippen MR) is 90.5 cm³/mol. The maximum Gasteiger partial charge on any atom is 0.250 e. The Morgan fingerprint density at radius 2 is 1.92 bits per heavy atom. The van der Waals surface area contributed by atoms with Gasteiger partial charge >= 0.3 is 0 Å². The van der Waals surface area contributed by atoms with Gasteiger partial charge in [0.15, 0.2) is 0 Å². The molecular formula is C18H17N5O. The Morgan fingerprint density at radius 1 is 1.12 bits per heavy atom. The standard InChI is InChI=1S/C18H17N5O/c1-13-6-2-4-8-15(13)18-19-21-23(20-18)12-17(24)22-11-10-14-7-3-5-9-16(14)22/h2-9H,10-12H2,1H3. The van der Waals surface area contributed by atoms with E-state index in [4.69, 9.17) is 0 Å². The third-order valence-corrected chi connectivity index (χ3v) is 4.30. The van der Waals surface area contributed by atoms with Gasteiger partial charge in [0.05, 0.1) is 0 Å². The fraction of sp³-hybridized carbons (Fsp3) is 0.222. The first-order chi connectivity index (χ1) is 11.7. The monoisotopic (exact) mass is 319 g/mol. The summed E-state index contributed by atoms with van der Waals surface area (Å²) in [5, 5.41) is 12.5. The number of rotatable bonds is 3. The molecule has 4 rings (SSSR count). The van der Waals surface area contributed by atoms with Gasteiger partial charge in [0.1, 0.15) is 6.54 Å². The minimum atomic E-state index is -0.0197. The number of amides is 1. The Bertz CT molecular complexity index is 902. The molecular weight excluding hydrogens is 302 g/mol. The minimum absolute atomic E-state index is 0.0197. The van der Waals surface area contributed by atoms with Crippen molar-refractivity contribution in [2.24, 2.45) is 0 Å². The topological polar surface area (TPSA) is 63.9 Å². The lowest BCUT2D eigenvalue weighted by Crippen LogP contribution is -2.32. The number of hydrogen-bond acceptors (Lipinski definition) is 4. The largest absolute Gasteiger partial charge is 0.310 e. The molecule has 3 aromatic rings. The van der Waals surface area contributed by atoms with Gasteiger partial charge in [0, 0.05) is 17.8 Å². The maximum atomic E-state index is 12.6.